The summed E-state index contributed by atoms with van der Waals surface area (Å²) < 4.78 is 7.56. The second-order valence-electron chi connectivity index (χ2n) is 9.69. The van der Waals surface area contributed by atoms with Gasteiger partial charge in [0.2, 0.25) is 6.20 Å². The average molecular weight is 463 g/mol. The lowest BCUT2D eigenvalue weighted by Crippen LogP contribution is -2.49. The van der Waals surface area contributed by atoms with E-state index in [1.165, 1.54) is 49.4 Å². The molecule has 1 saturated carbocycles. The van der Waals surface area contributed by atoms with E-state index >= 15 is 0 Å². The number of likely N-dealkylation sites (tertiary alicyclic amines) is 1. The molecule has 1 unspecified atom stereocenters. The number of nitrogens with two attached hydrogens (primary N) is 1. The van der Waals surface area contributed by atoms with Gasteiger partial charge in [-0.25, -0.2) is 0 Å². The number of anilines is 1. The molecule has 5 rings (SSSR count). The number of nitrogens with one attached hydrogen (secondary N) is 1. The Morgan fingerprint density at radius 2 is 1.85 bits per heavy atom. The van der Waals surface area contributed by atoms with E-state index in [0.29, 0.717) is 18.0 Å². The molecule has 1 aliphatic heterocycles. The van der Waals surface area contributed by atoms with Gasteiger partial charge in [-0.1, -0.05) is 23.4 Å². The molecule has 7 heteroatoms. The summed E-state index contributed by atoms with van der Waals surface area (Å²) in [7, 11) is 3.35. The highest BCUT2D eigenvalue weighted by molar-refractivity contribution is 6.04. The highest BCUT2D eigenvalue weighted by Gasteiger charge is 2.34. The highest BCUT2D eigenvalue weighted by atomic mass is 16.6. The number of nitrogen functional groups attached to an aromatic ring is 1. The Balaban J connectivity index is 1.28. The van der Waals surface area contributed by atoms with Crippen LogP contribution in [0.1, 0.15) is 50.1 Å². The first kappa shape index (κ1) is 22.7. The van der Waals surface area contributed by atoms with Gasteiger partial charge in [-0.2, -0.15) is 5.10 Å². The summed E-state index contributed by atoms with van der Waals surface area (Å²) in [5, 5.41) is 10.2. The predicted molar refractivity (Wildman–Crippen MR) is 135 cm³/mol. The first-order valence-corrected chi connectivity index (χ1v) is 12.4. The zero-order valence-electron chi connectivity index (χ0n) is 20.2. The highest BCUT2D eigenvalue weighted by Crippen LogP contribution is 2.32. The molecule has 1 aromatic heterocycles. The van der Waals surface area contributed by atoms with Gasteiger partial charge < -0.3 is 15.3 Å². The molecule has 2 aromatic carbocycles. The third-order valence-corrected chi connectivity index (χ3v) is 7.62. The molecule has 0 amide bonds. The number of fused-ring (bicyclic) bond motifs is 1. The van der Waals surface area contributed by atoms with Crippen molar-refractivity contribution in [3.63, 3.8) is 0 Å². The molecule has 2 fully saturated rings. The van der Waals surface area contributed by atoms with Crippen molar-refractivity contribution in [3.8, 4) is 5.75 Å². The number of hydrogen-bond acceptors (Lipinski definition) is 5. The van der Waals surface area contributed by atoms with Crippen LogP contribution in [-0.4, -0.2) is 49.1 Å². The van der Waals surface area contributed by atoms with E-state index in [-0.39, 0.29) is 0 Å². The number of hydrogen-bond donors (Lipinski definition) is 2. The largest absolute Gasteiger partial charge is 0.497 e. The van der Waals surface area contributed by atoms with Crippen LogP contribution in [0.4, 0.5) is 5.69 Å². The second kappa shape index (κ2) is 10.1. The van der Waals surface area contributed by atoms with Gasteiger partial charge in [-0.3, -0.25) is 4.90 Å². The lowest BCUT2D eigenvalue weighted by atomic mass is 9.85. The molecule has 2 aliphatic rings. The maximum absolute atomic E-state index is 5.90. The van der Waals surface area contributed by atoms with Crippen molar-refractivity contribution in [2.75, 3.05) is 33.0 Å². The van der Waals surface area contributed by atoms with Crippen LogP contribution in [0.3, 0.4) is 0 Å². The molecule has 1 aliphatic carbocycles. The summed E-state index contributed by atoms with van der Waals surface area (Å²) in [5.74, 6) is 1.25. The quantitative estimate of drug-likeness (QED) is 0.325. The average Bonchev–Trinajstić information content (AvgIpc) is 3.33. The van der Waals surface area contributed by atoms with E-state index < -0.39 is 0 Å². The van der Waals surface area contributed by atoms with Crippen molar-refractivity contribution < 1.29 is 14.3 Å². The van der Waals surface area contributed by atoms with Crippen LogP contribution in [0.5, 0.6) is 5.75 Å². The lowest BCUT2D eigenvalue weighted by Gasteiger charge is -2.40. The van der Waals surface area contributed by atoms with Crippen LogP contribution >= 0.6 is 0 Å². The molecular formula is C27H36N5O2+. The molecule has 1 atom stereocenters. The van der Waals surface area contributed by atoms with Crippen LogP contribution in [0.15, 0.2) is 53.9 Å². The van der Waals surface area contributed by atoms with Gasteiger partial charge in [0.1, 0.15) is 18.5 Å². The number of oxime groups is 1. The van der Waals surface area contributed by atoms with Crippen LogP contribution in [0.2, 0.25) is 0 Å². The van der Waals surface area contributed by atoms with Crippen molar-refractivity contribution >= 4 is 22.2 Å². The third-order valence-electron chi connectivity index (χ3n) is 7.62. The van der Waals surface area contributed by atoms with E-state index in [1.807, 2.05) is 18.5 Å². The number of aromatic amines is 1. The van der Waals surface area contributed by atoms with Gasteiger partial charge in [0.05, 0.1) is 19.0 Å². The SMILES string of the molecule is CO/N=C(/c1ccc2cc(OC)ccc2c1)C1CCCN(C2CCC([n+]3cc(N)c[nH]3)CC2)C1. The van der Waals surface area contributed by atoms with Gasteiger partial charge in [-0.15, -0.1) is 4.68 Å². The number of piperidine rings is 1. The van der Waals surface area contributed by atoms with Crippen molar-refractivity contribution in [2.24, 2.45) is 11.1 Å². The molecule has 0 radical (unpaired) electrons. The third kappa shape index (κ3) is 4.75. The smallest absolute Gasteiger partial charge is 0.218 e. The van der Waals surface area contributed by atoms with Crippen molar-refractivity contribution in [3.05, 3.63) is 54.4 Å². The Morgan fingerprint density at radius 3 is 2.59 bits per heavy atom. The van der Waals surface area contributed by atoms with Gasteiger partial charge in [-0.05, 0) is 61.2 Å². The zero-order valence-corrected chi connectivity index (χ0v) is 20.2. The number of aromatic nitrogens is 2. The van der Waals surface area contributed by atoms with E-state index in [2.05, 4.69) is 50.2 Å². The van der Waals surface area contributed by atoms with Crippen LogP contribution in [-0.2, 0) is 4.84 Å². The molecular weight excluding hydrogens is 426 g/mol. The van der Waals surface area contributed by atoms with E-state index in [9.17, 15) is 0 Å². The first-order chi connectivity index (χ1) is 16.6. The lowest BCUT2D eigenvalue weighted by molar-refractivity contribution is -0.776. The number of H-pyrrole nitrogens is 1. The minimum Gasteiger partial charge on any atom is -0.497 e. The summed E-state index contributed by atoms with van der Waals surface area (Å²) in [5.41, 5.74) is 8.92. The molecule has 0 spiro atoms. The summed E-state index contributed by atoms with van der Waals surface area (Å²) in [6.45, 7) is 2.22. The van der Waals surface area contributed by atoms with Gasteiger partial charge >= 0.3 is 0 Å². The van der Waals surface area contributed by atoms with Crippen molar-refractivity contribution in [2.45, 2.75) is 50.6 Å². The Kier molecular flexibility index (Phi) is 6.72. The first-order valence-electron chi connectivity index (χ1n) is 12.4. The molecule has 1 saturated heterocycles. The number of ether oxygens (including phenoxy) is 1. The standard InChI is InChI=1S/C27H35N5O2/c1-33-26-12-7-19-14-21(6-5-20(19)15-26)27(30-34-2)22-4-3-13-31(17-22)24-8-10-25(11-9-24)32-18-23(28)16-29-32/h5-7,12,14-16,18,22,24-25H,3-4,8-11,13,17,28H2,1-2H3/p+1/b30-27-. The molecule has 7 nitrogen and oxygen atoms in total. The van der Waals surface area contributed by atoms with Gasteiger partial charge in [0, 0.05) is 36.9 Å². The topological polar surface area (TPSA) is 79.8 Å². The van der Waals surface area contributed by atoms with Crippen LogP contribution < -0.4 is 15.2 Å². The minimum atomic E-state index is 0.375. The number of benzene rings is 2. The summed E-state index contributed by atoms with van der Waals surface area (Å²) >= 11 is 0. The Hall–Kier alpha value is -3.06. The van der Waals surface area contributed by atoms with E-state index in [1.54, 1.807) is 14.2 Å². The fraction of sp³-hybridized carbons (Fsp3) is 0.481. The normalized spacial score (nSPS) is 24.3. The summed E-state index contributed by atoms with van der Waals surface area (Å²) in [6.07, 6.45) is 11.0. The maximum atomic E-state index is 5.90. The predicted octanol–water partition coefficient (Wildman–Crippen LogP) is 4.29. The molecule has 180 valence electrons. The Morgan fingerprint density at radius 1 is 1.06 bits per heavy atom. The molecule has 3 N–H and O–H groups in total. The van der Waals surface area contributed by atoms with Gasteiger partial charge in [0.15, 0.2) is 6.04 Å². The molecule has 0 bridgehead atoms. The second-order valence-corrected chi connectivity index (χ2v) is 9.69. The van der Waals surface area contributed by atoms with Crippen LogP contribution in [0.25, 0.3) is 10.8 Å². The van der Waals surface area contributed by atoms with E-state index in [4.69, 9.17) is 15.3 Å². The molecule has 3 aromatic rings. The van der Waals surface area contributed by atoms with Gasteiger partial charge in [0.25, 0.3) is 0 Å². The monoisotopic (exact) mass is 462 g/mol. The summed E-state index contributed by atoms with van der Waals surface area (Å²) in [6, 6.07) is 13.9. The van der Waals surface area contributed by atoms with Crippen molar-refractivity contribution in [1.29, 1.82) is 0 Å². The van der Waals surface area contributed by atoms with E-state index in [0.717, 1.165) is 35.7 Å². The number of methoxy groups -OCH3 is 1. The van der Waals surface area contributed by atoms with Crippen molar-refractivity contribution in [1.82, 2.24) is 10.00 Å². The molecule has 34 heavy (non-hydrogen) atoms. The minimum absolute atomic E-state index is 0.375. The summed E-state index contributed by atoms with van der Waals surface area (Å²) in [4.78, 5) is 8.04. The van der Waals surface area contributed by atoms with Crippen LogP contribution in [0, 0.1) is 5.92 Å². The Bertz CT molecular complexity index is 1150. The number of nitrogens with zero attached hydrogens (tertiary/aromatic N) is 3. The number of rotatable bonds is 6. The fourth-order valence-electron chi connectivity index (χ4n) is 5.83. The maximum Gasteiger partial charge on any atom is 0.218 e. The fourth-order valence-corrected chi connectivity index (χ4v) is 5.83. The molecule has 2 heterocycles. The zero-order chi connectivity index (χ0) is 23.5. The Labute approximate surface area is 201 Å².